The first-order chi connectivity index (χ1) is 19.1. The molecule has 0 bridgehead atoms. The molecule has 1 aromatic carbocycles. The number of benzene rings is 1. The molecule has 0 atom stereocenters. The Morgan fingerprint density at radius 2 is 1.98 bits per heavy atom. The van der Waals surface area contributed by atoms with Crippen LogP contribution in [-0.4, -0.2) is 80.9 Å². The third-order valence-corrected chi connectivity index (χ3v) is 8.28. The third-order valence-electron chi connectivity index (χ3n) is 8.28. The molecular weight excluding hydrogens is 515 g/mol. The number of hydrogen-bond donors (Lipinski definition) is 2. The van der Waals surface area contributed by atoms with E-state index < -0.39 is 11.0 Å². The van der Waals surface area contributed by atoms with Crippen molar-refractivity contribution in [3.63, 3.8) is 0 Å². The quantitative estimate of drug-likeness (QED) is 0.463. The maximum Gasteiger partial charge on any atom is 0.326 e. The lowest BCUT2D eigenvalue weighted by molar-refractivity contribution is -0.144. The average Bonchev–Trinajstić information content (AvgIpc) is 3.59. The second-order valence-corrected chi connectivity index (χ2v) is 11.3. The Kier molecular flexibility index (Phi) is 7.26. The largest absolute Gasteiger partial charge is 0.480 e. The Labute approximate surface area is 232 Å². The standard InChI is InChI=1S/C29H35FN6O4/c1-19-20(6-5-7-23(19)30)16-36-27(39)35(24-9-8-22(25(33-24)40-4)21-14-31-32-15-21)17-29(36)10-12-34(13-11-29)26(38)28(2,3)18-37/h5-9,14-15,37H,10-13,16-18H2,1-4H3,(H,31,32). The molecule has 3 amide bonds. The van der Waals surface area contributed by atoms with E-state index in [4.69, 9.17) is 4.74 Å². The van der Waals surface area contributed by atoms with Crippen LogP contribution in [0.3, 0.4) is 0 Å². The van der Waals surface area contributed by atoms with Crippen molar-refractivity contribution >= 4 is 17.8 Å². The van der Waals surface area contributed by atoms with Gasteiger partial charge in [-0.05, 0) is 62.9 Å². The number of aromatic amines is 1. The lowest BCUT2D eigenvalue weighted by Gasteiger charge is -2.45. The van der Waals surface area contributed by atoms with E-state index in [9.17, 15) is 19.1 Å². The van der Waals surface area contributed by atoms with Crippen LogP contribution in [0, 0.1) is 18.2 Å². The van der Waals surface area contributed by atoms with Gasteiger partial charge in [-0.15, -0.1) is 0 Å². The number of likely N-dealkylation sites (tertiary alicyclic amines) is 1. The maximum atomic E-state index is 14.4. The van der Waals surface area contributed by atoms with E-state index in [0.29, 0.717) is 49.7 Å². The number of amides is 3. The molecule has 40 heavy (non-hydrogen) atoms. The van der Waals surface area contributed by atoms with Gasteiger partial charge in [-0.2, -0.15) is 10.1 Å². The summed E-state index contributed by atoms with van der Waals surface area (Å²) in [6.45, 7) is 6.42. The van der Waals surface area contributed by atoms with Gasteiger partial charge in [0.2, 0.25) is 11.8 Å². The van der Waals surface area contributed by atoms with Crippen molar-refractivity contribution in [2.45, 2.75) is 45.7 Å². The summed E-state index contributed by atoms with van der Waals surface area (Å²) < 4.78 is 20.0. The number of piperidine rings is 1. The van der Waals surface area contributed by atoms with E-state index >= 15 is 0 Å². The van der Waals surface area contributed by atoms with E-state index in [0.717, 1.165) is 16.7 Å². The Morgan fingerprint density at radius 3 is 2.62 bits per heavy atom. The number of nitrogens with one attached hydrogen (secondary N) is 1. The molecule has 2 aromatic heterocycles. The van der Waals surface area contributed by atoms with Crippen molar-refractivity contribution in [3.8, 4) is 17.0 Å². The number of methoxy groups -OCH3 is 1. The number of halogens is 1. The van der Waals surface area contributed by atoms with Crippen LogP contribution in [0.5, 0.6) is 5.88 Å². The van der Waals surface area contributed by atoms with E-state index in [-0.39, 0.29) is 30.9 Å². The second kappa shape index (κ2) is 10.5. The zero-order valence-electron chi connectivity index (χ0n) is 23.3. The summed E-state index contributed by atoms with van der Waals surface area (Å²) in [7, 11) is 1.53. The van der Waals surface area contributed by atoms with Crippen molar-refractivity contribution in [2.75, 3.05) is 38.3 Å². The van der Waals surface area contributed by atoms with Gasteiger partial charge in [-0.25, -0.2) is 9.18 Å². The van der Waals surface area contributed by atoms with Gasteiger partial charge in [0.05, 0.1) is 37.4 Å². The number of urea groups is 1. The van der Waals surface area contributed by atoms with Gasteiger partial charge >= 0.3 is 6.03 Å². The van der Waals surface area contributed by atoms with Crippen LogP contribution in [0.15, 0.2) is 42.7 Å². The molecule has 2 N–H and O–H groups in total. The normalized spacial score (nSPS) is 17.1. The molecule has 10 nitrogen and oxygen atoms in total. The highest BCUT2D eigenvalue weighted by molar-refractivity contribution is 5.95. The van der Waals surface area contributed by atoms with Gasteiger partial charge < -0.3 is 19.6 Å². The van der Waals surface area contributed by atoms with Crippen molar-refractivity contribution < 1.29 is 23.8 Å². The van der Waals surface area contributed by atoms with Crippen LogP contribution < -0.4 is 9.64 Å². The second-order valence-electron chi connectivity index (χ2n) is 11.3. The molecule has 2 aliphatic heterocycles. The fourth-order valence-electron chi connectivity index (χ4n) is 5.61. The number of aliphatic hydroxyl groups is 1. The van der Waals surface area contributed by atoms with Crippen LogP contribution in [0.25, 0.3) is 11.1 Å². The molecule has 212 valence electrons. The van der Waals surface area contributed by atoms with E-state index in [1.165, 1.54) is 13.2 Å². The molecule has 0 unspecified atom stereocenters. The molecule has 5 rings (SSSR count). The Bertz CT molecular complexity index is 1400. The number of nitrogens with zero attached hydrogens (tertiary/aromatic N) is 5. The highest BCUT2D eigenvalue weighted by atomic mass is 19.1. The van der Waals surface area contributed by atoms with Crippen molar-refractivity contribution in [1.82, 2.24) is 25.0 Å². The third kappa shape index (κ3) is 4.78. The lowest BCUT2D eigenvalue weighted by Crippen LogP contribution is -2.57. The highest BCUT2D eigenvalue weighted by Crippen LogP contribution is 2.41. The van der Waals surface area contributed by atoms with Crippen LogP contribution in [-0.2, 0) is 11.3 Å². The predicted molar refractivity (Wildman–Crippen MR) is 147 cm³/mol. The van der Waals surface area contributed by atoms with E-state index in [1.807, 2.05) is 17.0 Å². The minimum Gasteiger partial charge on any atom is -0.480 e. The van der Waals surface area contributed by atoms with Crippen LogP contribution in [0.1, 0.15) is 37.8 Å². The van der Waals surface area contributed by atoms with E-state index in [1.54, 1.807) is 55.1 Å². The molecule has 2 saturated heterocycles. The first-order valence-corrected chi connectivity index (χ1v) is 13.4. The average molecular weight is 551 g/mol. The monoisotopic (exact) mass is 550 g/mol. The molecule has 4 heterocycles. The minimum absolute atomic E-state index is 0.111. The smallest absolute Gasteiger partial charge is 0.326 e. The SMILES string of the molecule is COc1nc(N2CC3(CCN(C(=O)C(C)(C)CO)CC3)N(Cc3cccc(F)c3C)C2=O)ccc1-c1cn[nH]c1. The topological polar surface area (TPSA) is 115 Å². The number of carbonyl (C=O) groups is 2. The zero-order chi connectivity index (χ0) is 28.7. The van der Waals surface area contributed by atoms with Gasteiger partial charge in [0.1, 0.15) is 11.6 Å². The van der Waals surface area contributed by atoms with Crippen LogP contribution in [0.2, 0.25) is 0 Å². The van der Waals surface area contributed by atoms with Crippen LogP contribution >= 0.6 is 0 Å². The zero-order valence-corrected chi connectivity index (χ0v) is 23.3. The van der Waals surface area contributed by atoms with Gasteiger partial charge in [-0.1, -0.05) is 12.1 Å². The van der Waals surface area contributed by atoms with Crippen LogP contribution in [0.4, 0.5) is 15.0 Å². The number of pyridine rings is 1. The number of aliphatic hydroxyl groups excluding tert-OH is 1. The number of rotatable bonds is 7. The fourth-order valence-corrected chi connectivity index (χ4v) is 5.61. The number of ether oxygens (including phenoxy) is 1. The highest BCUT2D eigenvalue weighted by Gasteiger charge is 2.52. The summed E-state index contributed by atoms with van der Waals surface area (Å²) in [6, 6.07) is 8.31. The summed E-state index contributed by atoms with van der Waals surface area (Å²) >= 11 is 0. The minimum atomic E-state index is -0.877. The van der Waals surface area contributed by atoms with Crippen molar-refractivity contribution in [1.29, 1.82) is 0 Å². The molecule has 2 aliphatic rings. The summed E-state index contributed by atoms with van der Waals surface area (Å²) in [5.41, 5.74) is 1.32. The summed E-state index contributed by atoms with van der Waals surface area (Å²) in [5, 5.41) is 16.5. The first kappa shape index (κ1) is 27.6. The van der Waals surface area contributed by atoms with E-state index in [2.05, 4.69) is 15.2 Å². The van der Waals surface area contributed by atoms with Gasteiger partial charge in [-0.3, -0.25) is 14.8 Å². The number of hydrogen-bond acceptors (Lipinski definition) is 6. The number of anilines is 1. The van der Waals surface area contributed by atoms with Gasteiger partial charge in [0.25, 0.3) is 0 Å². The Balaban J connectivity index is 1.48. The number of aromatic nitrogens is 3. The summed E-state index contributed by atoms with van der Waals surface area (Å²) in [4.78, 5) is 37.0. The first-order valence-electron chi connectivity index (χ1n) is 13.4. The number of H-pyrrole nitrogens is 1. The molecule has 1 spiro atoms. The molecule has 0 saturated carbocycles. The molecule has 11 heteroatoms. The summed E-state index contributed by atoms with van der Waals surface area (Å²) in [6.07, 6.45) is 4.50. The summed E-state index contributed by atoms with van der Waals surface area (Å²) in [5.74, 6) is 0.390. The van der Waals surface area contributed by atoms with Crippen molar-refractivity contribution in [3.05, 3.63) is 59.7 Å². The number of carbonyl (C=O) groups excluding carboxylic acids is 2. The van der Waals surface area contributed by atoms with Crippen molar-refractivity contribution in [2.24, 2.45) is 5.41 Å². The predicted octanol–water partition coefficient (Wildman–Crippen LogP) is 3.75. The molecule has 2 fully saturated rings. The lowest BCUT2D eigenvalue weighted by atomic mass is 9.84. The molecule has 0 aliphatic carbocycles. The molecule has 3 aromatic rings. The molecule has 0 radical (unpaired) electrons. The Hall–Kier alpha value is -3.99. The Morgan fingerprint density at radius 1 is 1.23 bits per heavy atom. The van der Waals surface area contributed by atoms with Gasteiger partial charge in [0, 0.05) is 37.0 Å². The fraction of sp³-hybridized carbons (Fsp3) is 0.448. The van der Waals surface area contributed by atoms with Gasteiger partial charge in [0.15, 0.2) is 0 Å². The maximum absolute atomic E-state index is 14.4. The molecular formula is C29H35FN6O4.